The molecule has 1 saturated heterocycles. The first kappa shape index (κ1) is 18.9. The van der Waals surface area contributed by atoms with Crippen molar-refractivity contribution in [1.82, 2.24) is 4.90 Å². The van der Waals surface area contributed by atoms with Crippen molar-refractivity contribution in [3.63, 3.8) is 0 Å². The first-order valence-electron chi connectivity index (χ1n) is 10.7. The number of likely N-dealkylation sites (tertiary alicyclic amines) is 1. The van der Waals surface area contributed by atoms with Gasteiger partial charge in [-0.15, -0.1) is 6.58 Å². The van der Waals surface area contributed by atoms with Gasteiger partial charge in [0.25, 0.3) is 0 Å². The van der Waals surface area contributed by atoms with Crippen molar-refractivity contribution in [2.45, 2.75) is 37.3 Å². The highest BCUT2D eigenvalue weighted by Crippen LogP contribution is 2.58. The zero-order chi connectivity index (χ0) is 20.7. The van der Waals surface area contributed by atoms with E-state index >= 15 is 0 Å². The maximum atomic E-state index is 13.8. The molecule has 5 nitrogen and oxygen atoms in total. The van der Waals surface area contributed by atoms with Crippen molar-refractivity contribution in [2.24, 2.45) is 11.8 Å². The third-order valence-electron chi connectivity index (χ3n) is 6.86. The minimum Gasteiger partial charge on any atom is -0.467 e. The third kappa shape index (κ3) is 2.76. The van der Waals surface area contributed by atoms with Crippen LogP contribution >= 0.6 is 0 Å². The molecule has 2 bridgehead atoms. The summed E-state index contributed by atoms with van der Waals surface area (Å²) >= 11 is 0. The lowest BCUT2D eigenvalue weighted by Crippen LogP contribution is -2.71. The summed E-state index contributed by atoms with van der Waals surface area (Å²) in [6.07, 6.45) is 5.55. The van der Waals surface area contributed by atoms with E-state index in [9.17, 15) is 9.59 Å². The van der Waals surface area contributed by atoms with E-state index in [4.69, 9.17) is 4.74 Å². The average Bonchev–Trinajstić information content (AvgIpc) is 2.77. The van der Waals surface area contributed by atoms with Crippen molar-refractivity contribution in [3.8, 4) is 5.75 Å². The minimum atomic E-state index is -0.786. The second-order valence-electron chi connectivity index (χ2n) is 8.43. The molecule has 2 aliphatic heterocycles. The van der Waals surface area contributed by atoms with Crippen molar-refractivity contribution >= 4 is 17.5 Å². The van der Waals surface area contributed by atoms with Gasteiger partial charge < -0.3 is 10.1 Å². The highest BCUT2D eigenvalue weighted by atomic mass is 16.5. The van der Waals surface area contributed by atoms with Crippen LogP contribution in [0.1, 0.15) is 37.2 Å². The van der Waals surface area contributed by atoms with Crippen LogP contribution < -0.4 is 10.1 Å². The summed E-state index contributed by atoms with van der Waals surface area (Å²) in [5.41, 5.74) is 0.984. The molecule has 0 spiro atoms. The van der Waals surface area contributed by atoms with Gasteiger partial charge >= 0.3 is 0 Å². The highest BCUT2D eigenvalue weighted by Gasteiger charge is 2.64. The number of hydrogen-bond acceptors (Lipinski definition) is 3. The van der Waals surface area contributed by atoms with Gasteiger partial charge in [0.05, 0.1) is 0 Å². The Morgan fingerprint density at radius 3 is 2.73 bits per heavy atom. The topological polar surface area (TPSA) is 58.6 Å². The summed E-state index contributed by atoms with van der Waals surface area (Å²) < 4.78 is 6.60. The maximum absolute atomic E-state index is 13.8. The Hall–Kier alpha value is -3.08. The zero-order valence-corrected chi connectivity index (χ0v) is 16.9. The molecule has 0 unspecified atom stereocenters. The molecule has 5 rings (SSSR count). The number of fused-ring (bicyclic) bond motifs is 2. The van der Waals surface area contributed by atoms with Gasteiger partial charge in [0, 0.05) is 30.5 Å². The Labute approximate surface area is 176 Å². The van der Waals surface area contributed by atoms with Crippen molar-refractivity contribution in [1.29, 1.82) is 0 Å². The van der Waals surface area contributed by atoms with Crippen LogP contribution in [0, 0.1) is 11.8 Å². The maximum Gasteiger partial charge on any atom is 0.239 e. The molecular weight excluding hydrogens is 376 g/mol. The third-order valence-corrected chi connectivity index (χ3v) is 6.86. The van der Waals surface area contributed by atoms with E-state index in [1.807, 2.05) is 54.6 Å². The van der Waals surface area contributed by atoms with Gasteiger partial charge in [0.1, 0.15) is 11.7 Å². The van der Waals surface area contributed by atoms with Gasteiger partial charge in [-0.05, 0) is 36.6 Å². The lowest BCUT2D eigenvalue weighted by molar-refractivity contribution is -0.204. The molecule has 1 N–H and O–H groups in total. The van der Waals surface area contributed by atoms with Crippen LogP contribution in [-0.4, -0.2) is 29.0 Å². The van der Waals surface area contributed by atoms with Gasteiger partial charge in [0.2, 0.25) is 11.8 Å². The van der Waals surface area contributed by atoms with Crippen LogP contribution in [-0.2, 0) is 9.59 Å². The molecule has 2 aromatic rings. The van der Waals surface area contributed by atoms with Crippen LogP contribution in [0.3, 0.4) is 0 Å². The summed E-state index contributed by atoms with van der Waals surface area (Å²) in [4.78, 5) is 29.0. The van der Waals surface area contributed by atoms with Crippen LogP contribution in [0.25, 0.3) is 0 Å². The number of amides is 2. The number of hydrogen-bond donors (Lipinski definition) is 1. The summed E-state index contributed by atoms with van der Waals surface area (Å²) in [6.45, 7) is 4.24. The summed E-state index contributed by atoms with van der Waals surface area (Å²) in [7, 11) is 0. The molecule has 1 saturated carbocycles. The van der Waals surface area contributed by atoms with E-state index in [1.165, 1.54) is 0 Å². The van der Waals surface area contributed by atoms with E-state index in [0.29, 0.717) is 12.2 Å². The first-order valence-corrected chi connectivity index (χ1v) is 10.7. The number of rotatable bonds is 4. The number of carbonyl (C=O) groups excluding carboxylic acids is 2. The number of ether oxygens (including phenoxy) is 1. The molecule has 3 aliphatic rings. The highest BCUT2D eigenvalue weighted by molar-refractivity contribution is 6.08. The van der Waals surface area contributed by atoms with Gasteiger partial charge in [0.15, 0.2) is 5.72 Å². The number of carbonyl (C=O) groups is 2. The molecule has 30 heavy (non-hydrogen) atoms. The van der Waals surface area contributed by atoms with Gasteiger partial charge in [-0.25, -0.2) is 0 Å². The molecule has 2 heterocycles. The lowest BCUT2D eigenvalue weighted by atomic mass is 9.61. The summed E-state index contributed by atoms with van der Waals surface area (Å²) in [5.74, 6) is -0.508. The number of piperidine rings is 1. The monoisotopic (exact) mass is 402 g/mol. The number of anilines is 1. The number of benzene rings is 2. The molecule has 0 aromatic heterocycles. The van der Waals surface area contributed by atoms with Gasteiger partial charge in [-0.3, -0.25) is 14.5 Å². The Balaban J connectivity index is 1.63. The fourth-order valence-corrected chi connectivity index (χ4v) is 5.70. The van der Waals surface area contributed by atoms with E-state index < -0.39 is 11.6 Å². The first-order chi connectivity index (χ1) is 14.7. The largest absolute Gasteiger partial charge is 0.467 e. The smallest absolute Gasteiger partial charge is 0.239 e. The normalized spacial score (nSPS) is 29.3. The molecule has 2 amide bonds. The molecule has 2 aromatic carbocycles. The fraction of sp³-hybridized carbons (Fsp3) is 0.360. The Morgan fingerprint density at radius 1 is 1.17 bits per heavy atom. The Morgan fingerprint density at radius 2 is 1.93 bits per heavy atom. The van der Waals surface area contributed by atoms with Gasteiger partial charge in [-0.2, -0.15) is 0 Å². The molecule has 4 atom stereocenters. The van der Waals surface area contributed by atoms with Crippen molar-refractivity contribution in [3.05, 3.63) is 72.8 Å². The second kappa shape index (κ2) is 7.31. The lowest BCUT2D eigenvalue weighted by Gasteiger charge is -2.60. The van der Waals surface area contributed by atoms with E-state index in [0.717, 1.165) is 37.0 Å². The number of nitrogens with one attached hydrogen (secondary N) is 1. The molecular formula is C25H26N2O3. The SMILES string of the molecule is C=CCN1C(=O)[C@H](C(=O)Nc2ccccc2)[C@H]2c3ccccc3O[C@]13CCCC[C@H]23. The molecule has 1 aliphatic carbocycles. The van der Waals surface area contributed by atoms with Crippen LogP contribution in [0.15, 0.2) is 67.3 Å². The summed E-state index contributed by atoms with van der Waals surface area (Å²) in [6, 6.07) is 17.2. The Bertz CT molecular complexity index is 989. The zero-order valence-electron chi connectivity index (χ0n) is 16.9. The fourth-order valence-electron chi connectivity index (χ4n) is 5.70. The minimum absolute atomic E-state index is 0.0883. The molecule has 5 heteroatoms. The quantitative estimate of drug-likeness (QED) is 0.612. The number of para-hydroxylation sites is 2. The molecule has 0 radical (unpaired) electrons. The van der Waals surface area contributed by atoms with E-state index in [1.54, 1.807) is 11.0 Å². The van der Waals surface area contributed by atoms with Crippen LogP contribution in [0.4, 0.5) is 5.69 Å². The predicted octanol–water partition coefficient (Wildman–Crippen LogP) is 4.33. The van der Waals surface area contributed by atoms with Crippen molar-refractivity contribution < 1.29 is 14.3 Å². The standard InChI is InChI=1S/C25H26N2O3/c1-2-16-27-24(29)22(23(28)26-17-10-4-3-5-11-17)21-18-12-6-7-14-20(18)30-25(27)15-9-8-13-19(21)25/h2-7,10-12,14,19,21-22H,1,8-9,13,15-16H2,(H,26,28)/t19-,21+,22+,25+/m1/s1. The Kier molecular flexibility index (Phi) is 4.61. The average molecular weight is 402 g/mol. The van der Waals surface area contributed by atoms with Crippen molar-refractivity contribution in [2.75, 3.05) is 11.9 Å². The summed E-state index contributed by atoms with van der Waals surface area (Å²) in [5, 5.41) is 2.98. The van der Waals surface area contributed by atoms with Crippen LogP contribution in [0.2, 0.25) is 0 Å². The van der Waals surface area contributed by atoms with E-state index in [2.05, 4.69) is 11.9 Å². The molecule has 2 fully saturated rings. The second-order valence-corrected chi connectivity index (χ2v) is 8.43. The molecule has 154 valence electrons. The van der Waals surface area contributed by atoms with Crippen LogP contribution in [0.5, 0.6) is 5.75 Å². The number of nitrogens with zero attached hydrogens (tertiary/aromatic N) is 1. The van der Waals surface area contributed by atoms with Gasteiger partial charge in [-0.1, -0.05) is 48.9 Å². The predicted molar refractivity (Wildman–Crippen MR) is 115 cm³/mol. The van der Waals surface area contributed by atoms with E-state index in [-0.39, 0.29) is 23.7 Å².